The molecule has 2 amide bonds. The summed E-state index contributed by atoms with van der Waals surface area (Å²) in [4.78, 5) is 31.7. The summed E-state index contributed by atoms with van der Waals surface area (Å²) < 4.78 is 13.6. The van der Waals surface area contributed by atoms with Crippen LogP contribution < -0.4 is 10.6 Å². The SMILES string of the molecule is Cc1ccc(F)cc1C(=O)NCC1=NOC(Cc2ccccc2)(C(=O)NC(CC(C)C)B(O)O)C1. The van der Waals surface area contributed by atoms with Crippen molar-refractivity contribution in [2.75, 3.05) is 6.54 Å². The minimum absolute atomic E-state index is 0.0106. The van der Waals surface area contributed by atoms with Crippen LogP contribution in [0, 0.1) is 18.7 Å². The standard InChI is InChI=1S/C25H31BFN3O5/c1-16(2)11-22(26(33)34)29-24(32)25(13-18-7-5-4-6-8-18)14-20(30-35-25)15-28-23(31)21-12-19(27)10-9-17(21)3/h4-10,12,16,22,33-34H,11,13-15H2,1-3H3,(H,28,31)(H,29,32). The molecule has 0 spiro atoms. The van der Waals surface area contributed by atoms with Crippen LogP contribution >= 0.6 is 0 Å². The number of halogens is 1. The summed E-state index contributed by atoms with van der Waals surface area (Å²) in [5.74, 6) is -2.26. The van der Waals surface area contributed by atoms with Crippen LogP contribution in [0.15, 0.2) is 53.7 Å². The zero-order valence-corrected chi connectivity index (χ0v) is 20.1. The molecule has 35 heavy (non-hydrogen) atoms. The number of rotatable bonds is 10. The van der Waals surface area contributed by atoms with Gasteiger partial charge in [0, 0.05) is 18.4 Å². The summed E-state index contributed by atoms with van der Waals surface area (Å²) in [6.07, 6.45) is 0.646. The maximum Gasteiger partial charge on any atom is 0.475 e. The Bertz CT molecular complexity index is 1080. The first-order valence-corrected chi connectivity index (χ1v) is 11.6. The Morgan fingerprint density at radius 1 is 1.20 bits per heavy atom. The number of aryl methyl sites for hydroxylation is 1. The Kier molecular flexibility index (Phi) is 8.64. The van der Waals surface area contributed by atoms with Gasteiger partial charge in [0.25, 0.3) is 11.8 Å². The van der Waals surface area contributed by atoms with Crippen LogP contribution in [0.5, 0.6) is 0 Å². The second kappa shape index (κ2) is 11.5. The Morgan fingerprint density at radius 2 is 1.91 bits per heavy atom. The van der Waals surface area contributed by atoms with Gasteiger partial charge in [0.05, 0.1) is 18.2 Å². The monoisotopic (exact) mass is 483 g/mol. The second-order valence-electron chi connectivity index (χ2n) is 9.35. The number of benzene rings is 2. The highest BCUT2D eigenvalue weighted by atomic mass is 19.1. The largest absolute Gasteiger partial charge is 0.475 e. The van der Waals surface area contributed by atoms with E-state index in [4.69, 9.17) is 4.84 Å². The summed E-state index contributed by atoms with van der Waals surface area (Å²) in [5, 5.41) is 29.0. The van der Waals surface area contributed by atoms with Gasteiger partial charge in [-0.25, -0.2) is 4.39 Å². The van der Waals surface area contributed by atoms with E-state index in [1.165, 1.54) is 18.2 Å². The molecule has 8 nitrogen and oxygen atoms in total. The molecule has 3 rings (SSSR count). The summed E-state index contributed by atoms with van der Waals surface area (Å²) in [6, 6.07) is 13.2. The predicted molar refractivity (Wildman–Crippen MR) is 131 cm³/mol. The van der Waals surface area contributed by atoms with Crippen LogP contribution in [0.4, 0.5) is 4.39 Å². The third-order valence-electron chi connectivity index (χ3n) is 5.88. The molecule has 1 heterocycles. The molecular weight excluding hydrogens is 452 g/mol. The molecule has 0 fully saturated rings. The van der Waals surface area contributed by atoms with Gasteiger partial charge in [-0.05, 0) is 42.5 Å². The quantitative estimate of drug-likeness (QED) is 0.386. The van der Waals surface area contributed by atoms with Crippen molar-refractivity contribution in [3.63, 3.8) is 0 Å². The molecule has 186 valence electrons. The van der Waals surface area contributed by atoms with Gasteiger partial charge in [0.2, 0.25) is 5.60 Å². The minimum atomic E-state index is -1.73. The van der Waals surface area contributed by atoms with Crippen LogP contribution in [0.3, 0.4) is 0 Å². The normalized spacial score (nSPS) is 18.0. The molecule has 2 unspecified atom stereocenters. The van der Waals surface area contributed by atoms with Crippen molar-refractivity contribution in [2.45, 2.75) is 51.6 Å². The Morgan fingerprint density at radius 3 is 2.57 bits per heavy atom. The van der Waals surface area contributed by atoms with Crippen LogP contribution in [0.1, 0.15) is 48.2 Å². The van der Waals surface area contributed by atoms with Crippen LogP contribution in [-0.2, 0) is 16.1 Å². The van der Waals surface area contributed by atoms with Gasteiger partial charge in [0.1, 0.15) is 5.82 Å². The molecule has 2 aromatic carbocycles. The number of hydrogen-bond acceptors (Lipinski definition) is 6. The van der Waals surface area contributed by atoms with Crippen LogP contribution in [0.25, 0.3) is 0 Å². The maximum absolute atomic E-state index is 13.6. The zero-order chi connectivity index (χ0) is 25.6. The zero-order valence-electron chi connectivity index (χ0n) is 20.1. The fourth-order valence-electron chi connectivity index (χ4n) is 4.04. The Balaban J connectivity index is 1.74. The van der Waals surface area contributed by atoms with Gasteiger partial charge in [-0.15, -0.1) is 0 Å². The van der Waals surface area contributed by atoms with Crippen molar-refractivity contribution in [3.8, 4) is 0 Å². The second-order valence-corrected chi connectivity index (χ2v) is 9.35. The van der Waals surface area contributed by atoms with Crippen molar-refractivity contribution >= 4 is 24.6 Å². The average Bonchev–Trinajstić information content (AvgIpc) is 3.23. The van der Waals surface area contributed by atoms with Gasteiger partial charge in [0.15, 0.2) is 0 Å². The fraction of sp³-hybridized carbons (Fsp3) is 0.400. The van der Waals surface area contributed by atoms with Crippen LogP contribution in [-0.4, -0.2) is 52.8 Å². The van der Waals surface area contributed by atoms with Crippen molar-refractivity contribution in [1.82, 2.24) is 10.6 Å². The summed E-state index contributed by atoms with van der Waals surface area (Å²) in [7, 11) is -1.73. The van der Waals surface area contributed by atoms with Gasteiger partial charge >= 0.3 is 7.12 Å². The minimum Gasteiger partial charge on any atom is -0.426 e. The molecular formula is C25H31BFN3O5. The highest BCUT2D eigenvalue weighted by Gasteiger charge is 2.48. The van der Waals surface area contributed by atoms with E-state index in [1.807, 2.05) is 44.2 Å². The van der Waals surface area contributed by atoms with E-state index in [2.05, 4.69) is 15.8 Å². The summed E-state index contributed by atoms with van der Waals surface area (Å²) in [5.41, 5.74) is 0.698. The number of oxime groups is 1. The number of carbonyl (C=O) groups excluding carboxylic acids is 2. The van der Waals surface area contributed by atoms with E-state index in [9.17, 15) is 24.0 Å². The van der Waals surface area contributed by atoms with E-state index in [1.54, 1.807) is 6.92 Å². The van der Waals surface area contributed by atoms with Gasteiger partial charge in [-0.1, -0.05) is 55.4 Å². The first-order valence-electron chi connectivity index (χ1n) is 11.6. The lowest BCUT2D eigenvalue weighted by molar-refractivity contribution is -0.144. The molecule has 2 atom stereocenters. The number of carbonyl (C=O) groups is 2. The van der Waals surface area contributed by atoms with Gasteiger partial charge < -0.3 is 25.5 Å². The van der Waals surface area contributed by atoms with E-state index in [0.29, 0.717) is 17.7 Å². The molecule has 0 aliphatic carbocycles. The molecule has 0 bridgehead atoms. The van der Waals surface area contributed by atoms with E-state index in [-0.39, 0.29) is 30.9 Å². The van der Waals surface area contributed by atoms with Crippen molar-refractivity contribution in [3.05, 3.63) is 71.0 Å². The first kappa shape index (κ1) is 26.4. The fourth-order valence-corrected chi connectivity index (χ4v) is 4.04. The maximum atomic E-state index is 13.6. The highest BCUT2D eigenvalue weighted by Crippen LogP contribution is 2.29. The molecule has 0 saturated heterocycles. The third-order valence-corrected chi connectivity index (χ3v) is 5.88. The molecule has 2 aromatic rings. The Hall–Kier alpha value is -3.24. The number of nitrogens with one attached hydrogen (secondary N) is 2. The summed E-state index contributed by atoms with van der Waals surface area (Å²) >= 11 is 0. The van der Waals surface area contributed by atoms with Crippen molar-refractivity contribution in [1.29, 1.82) is 0 Å². The lowest BCUT2D eigenvalue weighted by atomic mass is 9.74. The molecule has 4 N–H and O–H groups in total. The third kappa shape index (κ3) is 6.89. The topological polar surface area (TPSA) is 120 Å². The van der Waals surface area contributed by atoms with E-state index in [0.717, 1.165) is 5.56 Å². The van der Waals surface area contributed by atoms with E-state index < -0.39 is 36.3 Å². The lowest BCUT2D eigenvalue weighted by Crippen LogP contribution is -2.56. The summed E-state index contributed by atoms with van der Waals surface area (Å²) in [6.45, 7) is 5.55. The van der Waals surface area contributed by atoms with Crippen molar-refractivity contribution in [2.24, 2.45) is 11.1 Å². The number of nitrogens with zero attached hydrogens (tertiary/aromatic N) is 1. The Labute approximate surface area is 204 Å². The molecule has 0 saturated carbocycles. The van der Waals surface area contributed by atoms with Gasteiger partial charge in [-0.3, -0.25) is 9.59 Å². The average molecular weight is 483 g/mol. The van der Waals surface area contributed by atoms with Crippen molar-refractivity contribution < 1.29 is 28.9 Å². The molecule has 0 radical (unpaired) electrons. The molecule has 10 heteroatoms. The van der Waals surface area contributed by atoms with E-state index >= 15 is 0 Å². The van der Waals surface area contributed by atoms with Gasteiger partial charge in [-0.2, -0.15) is 0 Å². The highest BCUT2D eigenvalue weighted by molar-refractivity contribution is 6.43. The smallest absolute Gasteiger partial charge is 0.426 e. The van der Waals surface area contributed by atoms with Crippen LogP contribution in [0.2, 0.25) is 0 Å². The molecule has 1 aliphatic rings. The number of hydrogen-bond donors (Lipinski definition) is 4. The lowest BCUT2D eigenvalue weighted by Gasteiger charge is -2.29. The first-order chi connectivity index (χ1) is 16.6. The number of amides is 2. The molecule has 1 aliphatic heterocycles. The molecule has 0 aromatic heterocycles. The predicted octanol–water partition coefficient (Wildman–Crippen LogP) is 2.16.